The number of nitrogens with zero attached hydrogens (tertiary/aromatic N) is 6. The van der Waals surface area contributed by atoms with Gasteiger partial charge in [-0.25, -0.2) is 10.1 Å². The standard InChI is InChI=1S/C22H20BrClN8/c1-13-12-14(2)32(31-13)22-27-20(25-19-10-8-18(24)9-11-19)26-21(28-22)30-29-15(3)16-4-6-17(23)7-5-16/h4-12H,1-3H3,(H2,25,26,27,28,30)/b29-15-. The molecule has 0 unspecified atom stereocenters. The Morgan fingerprint density at radius 1 is 0.969 bits per heavy atom. The van der Waals surface area contributed by atoms with Gasteiger partial charge < -0.3 is 5.32 Å². The van der Waals surface area contributed by atoms with Crippen LogP contribution in [0.4, 0.5) is 17.6 Å². The largest absolute Gasteiger partial charge is 0.324 e. The van der Waals surface area contributed by atoms with E-state index in [1.54, 1.807) is 16.8 Å². The zero-order valence-electron chi connectivity index (χ0n) is 17.6. The summed E-state index contributed by atoms with van der Waals surface area (Å²) in [6.45, 7) is 5.77. The fourth-order valence-electron chi connectivity index (χ4n) is 2.95. The van der Waals surface area contributed by atoms with Crippen molar-refractivity contribution in [3.8, 4) is 5.95 Å². The van der Waals surface area contributed by atoms with E-state index in [4.69, 9.17) is 11.6 Å². The molecule has 2 aromatic heterocycles. The molecule has 0 aliphatic carbocycles. The Morgan fingerprint density at radius 3 is 2.31 bits per heavy atom. The third-order valence-electron chi connectivity index (χ3n) is 4.51. The number of halogens is 2. The van der Waals surface area contributed by atoms with Crippen LogP contribution in [0.5, 0.6) is 0 Å². The number of rotatable bonds is 6. The lowest BCUT2D eigenvalue weighted by atomic mass is 10.1. The molecule has 10 heteroatoms. The van der Waals surface area contributed by atoms with Crippen LogP contribution in [0.15, 0.2) is 64.2 Å². The molecule has 32 heavy (non-hydrogen) atoms. The maximum atomic E-state index is 5.99. The molecule has 2 heterocycles. The van der Waals surface area contributed by atoms with Gasteiger partial charge in [0.15, 0.2) is 0 Å². The lowest BCUT2D eigenvalue weighted by Gasteiger charge is -2.10. The van der Waals surface area contributed by atoms with E-state index in [0.717, 1.165) is 32.8 Å². The van der Waals surface area contributed by atoms with Crippen LogP contribution in [0.2, 0.25) is 5.02 Å². The van der Waals surface area contributed by atoms with Crippen LogP contribution >= 0.6 is 27.5 Å². The van der Waals surface area contributed by atoms with Crippen molar-refractivity contribution in [3.63, 3.8) is 0 Å². The number of benzene rings is 2. The SMILES string of the molecule is C/C(=N/Nc1nc(Nc2ccc(Cl)cc2)nc(-n2nc(C)cc2C)n1)c1ccc(Br)cc1. The Balaban J connectivity index is 1.67. The van der Waals surface area contributed by atoms with E-state index < -0.39 is 0 Å². The summed E-state index contributed by atoms with van der Waals surface area (Å²) < 4.78 is 2.67. The monoisotopic (exact) mass is 510 g/mol. The van der Waals surface area contributed by atoms with E-state index in [1.165, 1.54) is 0 Å². The zero-order chi connectivity index (χ0) is 22.7. The highest BCUT2D eigenvalue weighted by molar-refractivity contribution is 9.10. The number of hydrazone groups is 1. The van der Waals surface area contributed by atoms with Gasteiger partial charge in [-0.2, -0.15) is 25.2 Å². The van der Waals surface area contributed by atoms with Gasteiger partial charge in [-0.3, -0.25) is 0 Å². The number of nitrogens with one attached hydrogen (secondary N) is 2. The smallest absolute Gasteiger partial charge is 0.257 e. The molecule has 0 saturated carbocycles. The topological polar surface area (TPSA) is 92.9 Å². The molecule has 4 aromatic rings. The Kier molecular flexibility index (Phi) is 6.48. The highest BCUT2D eigenvalue weighted by Gasteiger charge is 2.12. The van der Waals surface area contributed by atoms with E-state index >= 15 is 0 Å². The average Bonchev–Trinajstić information content (AvgIpc) is 3.12. The molecule has 0 fully saturated rings. The predicted molar refractivity (Wildman–Crippen MR) is 131 cm³/mol. The molecule has 0 radical (unpaired) electrons. The van der Waals surface area contributed by atoms with E-state index in [0.29, 0.717) is 16.9 Å². The van der Waals surface area contributed by atoms with Crippen LogP contribution in [-0.4, -0.2) is 30.4 Å². The third kappa shape index (κ3) is 5.30. The normalized spacial score (nSPS) is 11.5. The highest BCUT2D eigenvalue weighted by atomic mass is 79.9. The molecule has 0 saturated heterocycles. The second-order valence-electron chi connectivity index (χ2n) is 7.07. The molecule has 0 aliphatic rings. The van der Waals surface area contributed by atoms with Gasteiger partial charge in [0.25, 0.3) is 5.95 Å². The van der Waals surface area contributed by atoms with Gasteiger partial charge in [0.1, 0.15) is 0 Å². The summed E-state index contributed by atoms with van der Waals surface area (Å²) in [6.07, 6.45) is 0. The first-order valence-electron chi connectivity index (χ1n) is 9.76. The van der Waals surface area contributed by atoms with Crippen LogP contribution in [0, 0.1) is 13.8 Å². The van der Waals surface area contributed by atoms with Crippen molar-refractivity contribution in [2.24, 2.45) is 5.10 Å². The summed E-state index contributed by atoms with van der Waals surface area (Å²) in [5, 5.41) is 12.7. The summed E-state index contributed by atoms with van der Waals surface area (Å²) in [6, 6.07) is 17.1. The van der Waals surface area contributed by atoms with Gasteiger partial charge in [0.05, 0.1) is 11.4 Å². The Morgan fingerprint density at radius 2 is 1.66 bits per heavy atom. The predicted octanol–water partition coefficient (Wildman–Crippen LogP) is 5.67. The maximum absolute atomic E-state index is 5.99. The minimum Gasteiger partial charge on any atom is -0.324 e. The van der Waals surface area contributed by atoms with Gasteiger partial charge in [-0.05, 0) is 68.8 Å². The van der Waals surface area contributed by atoms with Gasteiger partial charge in [-0.15, -0.1) is 0 Å². The third-order valence-corrected chi connectivity index (χ3v) is 5.29. The fraction of sp³-hybridized carbons (Fsp3) is 0.136. The molecule has 4 rings (SSSR count). The first kappa shape index (κ1) is 21.9. The number of aryl methyl sites for hydroxylation is 2. The minimum absolute atomic E-state index is 0.287. The second kappa shape index (κ2) is 9.46. The molecule has 8 nitrogen and oxygen atoms in total. The Labute approximate surface area is 198 Å². The van der Waals surface area contributed by atoms with Crippen LogP contribution in [-0.2, 0) is 0 Å². The molecular formula is C22H20BrClN8. The molecular weight excluding hydrogens is 492 g/mol. The van der Waals surface area contributed by atoms with Crippen molar-refractivity contribution >= 4 is 50.8 Å². The van der Waals surface area contributed by atoms with E-state index in [1.807, 2.05) is 63.2 Å². The first-order valence-corrected chi connectivity index (χ1v) is 10.9. The highest BCUT2D eigenvalue weighted by Crippen LogP contribution is 2.19. The van der Waals surface area contributed by atoms with Crippen LogP contribution in [0.1, 0.15) is 23.9 Å². The lowest BCUT2D eigenvalue weighted by Crippen LogP contribution is -2.11. The van der Waals surface area contributed by atoms with Crippen molar-refractivity contribution in [2.75, 3.05) is 10.7 Å². The van der Waals surface area contributed by atoms with Crippen molar-refractivity contribution in [3.05, 3.63) is 81.0 Å². The molecule has 0 bridgehead atoms. The zero-order valence-corrected chi connectivity index (χ0v) is 20.0. The summed E-state index contributed by atoms with van der Waals surface area (Å²) in [5.41, 5.74) is 7.28. The minimum atomic E-state index is 0.287. The summed E-state index contributed by atoms with van der Waals surface area (Å²) in [4.78, 5) is 13.5. The van der Waals surface area contributed by atoms with Gasteiger partial charge in [0, 0.05) is 20.9 Å². The van der Waals surface area contributed by atoms with Crippen LogP contribution in [0.3, 0.4) is 0 Å². The van der Waals surface area contributed by atoms with Crippen LogP contribution < -0.4 is 10.7 Å². The fourth-order valence-corrected chi connectivity index (χ4v) is 3.34. The lowest BCUT2D eigenvalue weighted by molar-refractivity contribution is 0.767. The van der Waals surface area contributed by atoms with Crippen molar-refractivity contribution in [2.45, 2.75) is 20.8 Å². The number of anilines is 3. The molecule has 0 spiro atoms. The Bertz CT molecular complexity index is 1270. The molecule has 0 amide bonds. The molecule has 0 aliphatic heterocycles. The van der Waals surface area contributed by atoms with Gasteiger partial charge >= 0.3 is 0 Å². The maximum Gasteiger partial charge on any atom is 0.257 e. The summed E-state index contributed by atoms with van der Waals surface area (Å²) in [7, 11) is 0. The van der Waals surface area contributed by atoms with E-state index in [9.17, 15) is 0 Å². The second-order valence-corrected chi connectivity index (χ2v) is 8.42. The summed E-state index contributed by atoms with van der Waals surface area (Å²) >= 11 is 9.43. The first-order chi connectivity index (χ1) is 15.4. The number of hydrogen-bond donors (Lipinski definition) is 2. The van der Waals surface area contributed by atoms with E-state index in [-0.39, 0.29) is 5.95 Å². The molecule has 162 valence electrons. The number of aromatic nitrogens is 5. The average molecular weight is 512 g/mol. The van der Waals surface area contributed by atoms with Gasteiger partial charge in [-0.1, -0.05) is 39.7 Å². The molecule has 0 atom stereocenters. The quantitative estimate of drug-likeness (QED) is 0.256. The Hall–Kier alpha value is -3.30. The summed E-state index contributed by atoms with van der Waals surface area (Å²) in [5.74, 6) is 1.01. The number of hydrogen-bond acceptors (Lipinski definition) is 7. The van der Waals surface area contributed by atoms with Gasteiger partial charge in [0.2, 0.25) is 11.9 Å². The molecule has 2 aromatic carbocycles. The van der Waals surface area contributed by atoms with Crippen molar-refractivity contribution < 1.29 is 0 Å². The molecule has 2 N–H and O–H groups in total. The van der Waals surface area contributed by atoms with Crippen molar-refractivity contribution in [1.29, 1.82) is 0 Å². The van der Waals surface area contributed by atoms with E-state index in [2.05, 4.69) is 51.8 Å². The van der Waals surface area contributed by atoms with Crippen molar-refractivity contribution in [1.82, 2.24) is 24.7 Å². The van der Waals surface area contributed by atoms with Crippen LogP contribution in [0.25, 0.3) is 5.95 Å².